The van der Waals surface area contributed by atoms with Crippen LogP contribution in [0.2, 0.25) is 0 Å². The highest BCUT2D eigenvalue weighted by atomic mass is 32.1. The summed E-state index contributed by atoms with van der Waals surface area (Å²) in [6.07, 6.45) is 7.99. The molecule has 4 heterocycles. The fourth-order valence-electron chi connectivity index (χ4n) is 3.37. The van der Waals surface area contributed by atoms with Gasteiger partial charge in [-0.3, -0.25) is 19.7 Å². The molecular weight excluding hydrogens is 322 g/mol. The van der Waals surface area contributed by atoms with Crippen LogP contribution < -0.4 is 5.73 Å². The Morgan fingerprint density at radius 2 is 2.21 bits per heavy atom. The van der Waals surface area contributed by atoms with E-state index in [1.807, 2.05) is 12.3 Å². The van der Waals surface area contributed by atoms with E-state index in [0.717, 1.165) is 42.0 Å². The molecule has 0 saturated carbocycles. The molecule has 0 bridgehead atoms. The van der Waals surface area contributed by atoms with Gasteiger partial charge in [-0.2, -0.15) is 0 Å². The van der Waals surface area contributed by atoms with Crippen molar-refractivity contribution in [3.05, 3.63) is 52.9 Å². The van der Waals surface area contributed by atoms with E-state index in [4.69, 9.17) is 5.73 Å². The molecule has 0 radical (unpaired) electrons. The van der Waals surface area contributed by atoms with Crippen molar-refractivity contribution in [1.29, 1.82) is 0 Å². The molecule has 0 spiro atoms. The summed E-state index contributed by atoms with van der Waals surface area (Å²) in [5, 5.41) is 0. The average Bonchev–Trinajstić information content (AvgIpc) is 3.19. The molecule has 0 aliphatic carbocycles. The van der Waals surface area contributed by atoms with Gasteiger partial charge in [0, 0.05) is 49.4 Å². The van der Waals surface area contributed by atoms with Crippen LogP contribution in [0.5, 0.6) is 0 Å². The maximum absolute atomic E-state index is 11.9. The molecule has 0 aromatic carbocycles. The number of carbonyl (C=O) groups is 1. The van der Waals surface area contributed by atoms with Gasteiger partial charge < -0.3 is 5.73 Å². The van der Waals surface area contributed by atoms with Crippen LogP contribution in [0, 0.1) is 0 Å². The Kier molecular flexibility index (Phi) is 3.95. The summed E-state index contributed by atoms with van der Waals surface area (Å²) in [6.45, 7) is 2.73. The normalized spacial score (nSPS) is 18.2. The predicted molar refractivity (Wildman–Crippen MR) is 92.8 cm³/mol. The predicted octanol–water partition coefficient (Wildman–Crippen LogP) is 2.17. The van der Waals surface area contributed by atoms with E-state index in [9.17, 15) is 4.79 Å². The van der Waals surface area contributed by atoms with Gasteiger partial charge in [-0.05, 0) is 24.6 Å². The smallest absolute Gasteiger partial charge is 0.259 e. The Bertz CT molecular complexity index is 879. The first kappa shape index (κ1) is 15.2. The van der Waals surface area contributed by atoms with Crippen molar-refractivity contribution in [3.8, 4) is 0 Å². The molecule has 0 unspecified atom stereocenters. The van der Waals surface area contributed by atoms with Crippen LogP contribution in [0.4, 0.5) is 0 Å². The molecule has 1 saturated heterocycles. The van der Waals surface area contributed by atoms with Gasteiger partial charge >= 0.3 is 0 Å². The third-order valence-corrected chi connectivity index (χ3v) is 5.51. The number of pyridine rings is 1. The van der Waals surface area contributed by atoms with E-state index >= 15 is 0 Å². The van der Waals surface area contributed by atoms with E-state index in [-0.39, 0.29) is 11.8 Å². The third-order valence-electron chi connectivity index (χ3n) is 4.40. The van der Waals surface area contributed by atoms with E-state index in [1.165, 1.54) is 16.9 Å². The Balaban J connectivity index is 1.62. The van der Waals surface area contributed by atoms with Crippen molar-refractivity contribution in [2.45, 2.75) is 18.9 Å². The largest absolute Gasteiger partial charge is 0.365 e. The zero-order chi connectivity index (χ0) is 16.5. The number of nitrogens with two attached hydrogens (primary N) is 1. The second kappa shape index (κ2) is 6.26. The van der Waals surface area contributed by atoms with Crippen LogP contribution in [-0.4, -0.2) is 38.8 Å². The van der Waals surface area contributed by atoms with Crippen molar-refractivity contribution in [2.75, 3.05) is 13.1 Å². The molecule has 24 heavy (non-hydrogen) atoms. The second-order valence-corrected chi connectivity index (χ2v) is 7.00. The summed E-state index contributed by atoms with van der Waals surface area (Å²) in [5.41, 5.74) is 8.60. The number of hydrogen-bond acceptors (Lipinski definition) is 6. The maximum Gasteiger partial charge on any atom is 0.259 e. The van der Waals surface area contributed by atoms with Gasteiger partial charge in [0.1, 0.15) is 10.3 Å². The number of rotatable bonds is 4. The van der Waals surface area contributed by atoms with Crippen LogP contribution in [0.1, 0.15) is 33.1 Å². The van der Waals surface area contributed by atoms with Gasteiger partial charge in [-0.15, -0.1) is 11.3 Å². The number of carbonyl (C=O) groups excluding carboxylic acids is 1. The van der Waals surface area contributed by atoms with Crippen molar-refractivity contribution < 1.29 is 4.79 Å². The number of likely N-dealkylation sites (tertiary alicyclic amines) is 1. The highest BCUT2D eigenvalue weighted by Gasteiger charge is 2.31. The molecule has 3 aromatic heterocycles. The second-order valence-electron chi connectivity index (χ2n) is 6.00. The number of primary amides is 1. The first-order chi connectivity index (χ1) is 11.7. The SMILES string of the molecule is NC(=O)c1sc2nccnc2c1[C@H]1CCN(Cc2cccnc2)C1. The minimum atomic E-state index is -0.388. The minimum absolute atomic E-state index is 0.259. The Morgan fingerprint density at radius 3 is 3.00 bits per heavy atom. The van der Waals surface area contributed by atoms with Crippen molar-refractivity contribution in [2.24, 2.45) is 5.73 Å². The summed E-state index contributed by atoms with van der Waals surface area (Å²) in [5.74, 6) is -0.130. The lowest BCUT2D eigenvalue weighted by Gasteiger charge is -2.16. The van der Waals surface area contributed by atoms with Crippen LogP contribution in [0.25, 0.3) is 10.3 Å². The van der Waals surface area contributed by atoms with Gasteiger partial charge in [0.15, 0.2) is 0 Å². The maximum atomic E-state index is 11.9. The number of hydrogen-bond donors (Lipinski definition) is 1. The number of amides is 1. The first-order valence-corrected chi connectivity index (χ1v) is 8.68. The quantitative estimate of drug-likeness (QED) is 0.787. The molecule has 1 fully saturated rings. The van der Waals surface area contributed by atoms with E-state index < -0.39 is 0 Å². The highest BCUT2D eigenvalue weighted by molar-refractivity contribution is 7.20. The molecule has 1 atom stereocenters. The zero-order valence-electron chi connectivity index (χ0n) is 13.1. The van der Waals surface area contributed by atoms with Crippen LogP contribution in [0.15, 0.2) is 36.9 Å². The lowest BCUT2D eigenvalue weighted by molar-refractivity contribution is 0.100. The Labute approximate surface area is 143 Å². The van der Waals surface area contributed by atoms with Gasteiger partial charge in [0.2, 0.25) is 0 Å². The van der Waals surface area contributed by atoms with Crippen molar-refractivity contribution >= 4 is 27.6 Å². The Hall–Kier alpha value is -2.38. The van der Waals surface area contributed by atoms with Gasteiger partial charge in [-0.25, -0.2) is 4.98 Å². The fraction of sp³-hybridized carbons (Fsp3) is 0.294. The molecule has 3 aromatic rings. The molecule has 122 valence electrons. The molecular formula is C17H17N5OS. The molecule has 1 amide bonds. The molecule has 6 nitrogen and oxygen atoms in total. The first-order valence-electron chi connectivity index (χ1n) is 7.87. The zero-order valence-corrected chi connectivity index (χ0v) is 13.9. The molecule has 1 aliphatic rings. The minimum Gasteiger partial charge on any atom is -0.365 e. The molecule has 2 N–H and O–H groups in total. The summed E-state index contributed by atoms with van der Waals surface area (Å²) in [7, 11) is 0. The summed E-state index contributed by atoms with van der Waals surface area (Å²) < 4.78 is 0. The van der Waals surface area contributed by atoms with Crippen molar-refractivity contribution in [1.82, 2.24) is 19.9 Å². The number of aromatic nitrogens is 3. The van der Waals surface area contributed by atoms with Crippen LogP contribution in [0.3, 0.4) is 0 Å². The monoisotopic (exact) mass is 339 g/mol. The highest BCUT2D eigenvalue weighted by Crippen LogP contribution is 2.38. The lowest BCUT2D eigenvalue weighted by Crippen LogP contribution is -2.20. The van der Waals surface area contributed by atoms with Crippen molar-refractivity contribution in [3.63, 3.8) is 0 Å². The summed E-state index contributed by atoms with van der Waals surface area (Å²) in [4.78, 5) is 28.6. The van der Waals surface area contributed by atoms with Gasteiger partial charge in [-0.1, -0.05) is 6.07 Å². The topological polar surface area (TPSA) is 85.0 Å². The molecule has 1 aliphatic heterocycles. The van der Waals surface area contributed by atoms with Gasteiger partial charge in [0.25, 0.3) is 5.91 Å². The number of fused-ring (bicyclic) bond motifs is 1. The standard InChI is InChI=1S/C17H17N5OS/c18-16(23)15-13(14-17(24-15)21-6-5-20-14)12-3-7-22(10-12)9-11-2-1-4-19-8-11/h1-2,4-6,8,12H,3,7,9-10H2,(H2,18,23)/t12-/m0/s1. The van der Waals surface area contributed by atoms with Crippen LogP contribution in [-0.2, 0) is 6.54 Å². The third kappa shape index (κ3) is 2.76. The molecule has 4 rings (SSSR count). The number of thiophene rings is 1. The van der Waals surface area contributed by atoms with E-state index in [0.29, 0.717) is 4.88 Å². The number of nitrogens with zero attached hydrogens (tertiary/aromatic N) is 4. The summed E-state index contributed by atoms with van der Waals surface area (Å²) >= 11 is 1.35. The fourth-order valence-corrected chi connectivity index (χ4v) is 4.41. The summed E-state index contributed by atoms with van der Waals surface area (Å²) in [6, 6.07) is 4.04. The Morgan fingerprint density at radius 1 is 1.33 bits per heavy atom. The molecule has 7 heteroatoms. The average molecular weight is 339 g/mol. The lowest BCUT2D eigenvalue weighted by atomic mass is 9.97. The van der Waals surface area contributed by atoms with Gasteiger partial charge in [0.05, 0.1) is 4.88 Å². The van der Waals surface area contributed by atoms with E-state index in [2.05, 4.69) is 25.9 Å². The van der Waals surface area contributed by atoms with E-state index in [1.54, 1.807) is 18.6 Å². The van der Waals surface area contributed by atoms with Crippen LogP contribution >= 0.6 is 11.3 Å².